The fourth-order valence-corrected chi connectivity index (χ4v) is 1.38. The van der Waals surface area contributed by atoms with Crippen molar-refractivity contribution in [2.75, 3.05) is 11.9 Å². The van der Waals surface area contributed by atoms with Gasteiger partial charge in [0, 0.05) is 6.54 Å². The van der Waals surface area contributed by atoms with Crippen LogP contribution in [0.4, 0.5) is 5.82 Å². The molecule has 0 amide bonds. The van der Waals surface area contributed by atoms with Crippen LogP contribution in [0.15, 0.2) is 0 Å². The molecular weight excluding hydrogens is 194 g/mol. The van der Waals surface area contributed by atoms with Crippen LogP contribution in [-0.2, 0) is 0 Å². The van der Waals surface area contributed by atoms with Gasteiger partial charge in [0.05, 0.1) is 11.7 Å². The van der Waals surface area contributed by atoms with E-state index >= 15 is 0 Å². The summed E-state index contributed by atoms with van der Waals surface area (Å²) in [4.78, 5) is 0. The van der Waals surface area contributed by atoms with E-state index in [1.807, 2.05) is 0 Å². The summed E-state index contributed by atoms with van der Waals surface area (Å²) in [7, 11) is 0. The molecule has 5 heteroatoms. The molecule has 1 aromatic heterocycles. The Kier molecular flexibility index (Phi) is 3.75. The molecule has 0 aliphatic rings. The zero-order chi connectivity index (χ0) is 8.97. The van der Waals surface area contributed by atoms with Gasteiger partial charge in [-0.15, -0.1) is 0 Å². The van der Waals surface area contributed by atoms with E-state index in [-0.39, 0.29) is 0 Å². The minimum atomic E-state index is 0.475. The number of aromatic nitrogens is 2. The van der Waals surface area contributed by atoms with Crippen molar-refractivity contribution in [3.05, 3.63) is 5.15 Å². The number of nitrogens with zero attached hydrogens (tertiary/aromatic N) is 2. The van der Waals surface area contributed by atoms with Gasteiger partial charge in [-0.3, -0.25) is 0 Å². The van der Waals surface area contributed by atoms with Gasteiger partial charge in [0.15, 0.2) is 11.0 Å². The van der Waals surface area contributed by atoms with Crippen molar-refractivity contribution in [1.82, 2.24) is 8.75 Å². The SMILES string of the molecule is CCC(C)CNc1nsnc1Cl. The maximum atomic E-state index is 5.74. The van der Waals surface area contributed by atoms with E-state index in [1.165, 1.54) is 0 Å². The minimum Gasteiger partial charge on any atom is -0.366 e. The van der Waals surface area contributed by atoms with Crippen molar-refractivity contribution < 1.29 is 0 Å². The van der Waals surface area contributed by atoms with Gasteiger partial charge in [-0.2, -0.15) is 8.75 Å². The summed E-state index contributed by atoms with van der Waals surface area (Å²) in [6, 6.07) is 0. The Morgan fingerprint density at radius 1 is 1.58 bits per heavy atom. The first kappa shape index (κ1) is 9.74. The zero-order valence-corrected chi connectivity index (χ0v) is 8.74. The molecule has 1 unspecified atom stereocenters. The Bertz CT molecular complexity index is 238. The van der Waals surface area contributed by atoms with Crippen molar-refractivity contribution in [2.45, 2.75) is 20.3 Å². The van der Waals surface area contributed by atoms with Crippen LogP contribution in [-0.4, -0.2) is 15.3 Å². The number of nitrogens with one attached hydrogen (secondary N) is 1. The second kappa shape index (κ2) is 4.62. The van der Waals surface area contributed by atoms with Gasteiger partial charge in [0.2, 0.25) is 0 Å². The summed E-state index contributed by atoms with van der Waals surface area (Å²) in [5, 5.41) is 3.62. The fraction of sp³-hybridized carbons (Fsp3) is 0.714. The zero-order valence-electron chi connectivity index (χ0n) is 7.17. The normalized spacial score (nSPS) is 12.9. The second-order valence-electron chi connectivity index (χ2n) is 2.80. The van der Waals surface area contributed by atoms with Crippen molar-refractivity contribution in [3.63, 3.8) is 0 Å². The standard InChI is InChI=1S/C7H12ClN3S/c1-3-5(2)4-9-7-6(8)10-12-11-7/h5H,3-4H2,1-2H3,(H,9,11). The fourth-order valence-electron chi connectivity index (χ4n) is 0.698. The molecular formula is C7H12ClN3S. The second-order valence-corrected chi connectivity index (χ2v) is 3.68. The number of hydrogen-bond donors (Lipinski definition) is 1. The molecule has 0 saturated carbocycles. The van der Waals surface area contributed by atoms with E-state index in [9.17, 15) is 0 Å². The highest BCUT2D eigenvalue weighted by Crippen LogP contribution is 2.18. The average Bonchev–Trinajstić information content (AvgIpc) is 2.47. The van der Waals surface area contributed by atoms with Gasteiger partial charge < -0.3 is 5.32 Å². The van der Waals surface area contributed by atoms with Gasteiger partial charge in [0.1, 0.15) is 0 Å². The molecule has 68 valence electrons. The molecule has 1 N–H and O–H groups in total. The van der Waals surface area contributed by atoms with Crippen molar-refractivity contribution in [3.8, 4) is 0 Å². The molecule has 0 aromatic carbocycles. The number of anilines is 1. The van der Waals surface area contributed by atoms with Gasteiger partial charge in [-0.1, -0.05) is 31.9 Å². The van der Waals surface area contributed by atoms with Crippen LogP contribution in [0.5, 0.6) is 0 Å². The molecule has 3 nitrogen and oxygen atoms in total. The molecule has 0 aliphatic heterocycles. The van der Waals surface area contributed by atoms with Crippen LogP contribution in [0, 0.1) is 5.92 Å². The molecule has 0 radical (unpaired) electrons. The highest BCUT2D eigenvalue weighted by Gasteiger charge is 2.05. The summed E-state index contributed by atoms with van der Waals surface area (Å²) in [6.45, 7) is 5.25. The molecule has 0 spiro atoms. The van der Waals surface area contributed by atoms with Gasteiger partial charge in [-0.25, -0.2) is 0 Å². The smallest absolute Gasteiger partial charge is 0.186 e. The first-order valence-electron chi connectivity index (χ1n) is 3.96. The highest BCUT2D eigenvalue weighted by atomic mass is 35.5. The molecule has 0 saturated heterocycles. The van der Waals surface area contributed by atoms with Crippen LogP contribution >= 0.6 is 23.3 Å². The summed E-state index contributed by atoms with van der Waals surface area (Å²) in [5.74, 6) is 1.35. The molecule has 0 aliphatic carbocycles. The maximum Gasteiger partial charge on any atom is 0.186 e. The van der Waals surface area contributed by atoms with Crippen molar-refractivity contribution >= 4 is 29.1 Å². The van der Waals surface area contributed by atoms with E-state index in [1.54, 1.807) is 0 Å². The monoisotopic (exact) mass is 205 g/mol. The lowest BCUT2D eigenvalue weighted by Gasteiger charge is -2.08. The Labute approximate surface area is 81.5 Å². The third kappa shape index (κ3) is 2.60. The predicted octanol–water partition coefficient (Wildman–Crippen LogP) is 2.65. The summed E-state index contributed by atoms with van der Waals surface area (Å²) < 4.78 is 7.86. The average molecular weight is 206 g/mol. The Balaban J connectivity index is 2.38. The summed E-state index contributed by atoms with van der Waals surface area (Å²) in [5.41, 5.74) is 0. The van der Waals surface area contributed by atoms with Crippen LogP contribution in [0.3, 0.4) is 0 Å². The molecule has 1 heterocycles. The number of halogens is 1. The molecule has 1 aromatic rings. The van der Waals surface area contributed by atoms with E-state index in [0.29, 0.717) is 16.9 Å². The number of hydrogen-bond acceptors (Lipinski definition) is 4. The van der Waals surface area contributed by atoms with E-state index in [0.717, 1.165) is 24.7 Å². The quantitative estimate of drug-likeness (QED) is 0.822. The topological polar surface area (TPSA) is 37.8 Å². The summed E-state index contributed by atoms with van der Waals surface area (Å²) in [6.07, 6.45) is 1.15. The largest absolute Gasteiger partial charge is 0.366 e. The van der Waals surface area contributed by atoms with E-state index in [2.05, 4.69) is 27.9 Å². The van der Waals surface area contributed by atoms with Gasteiger partial charge in [-0.05, 0) is 5.92 Å². The van der Waals surface area contributed by atoms with E-state index < -0.39 is 0 Å². The first-order chi connectivity index (χ1) is 5.74. The van der Waals surface area contributed by atoms with Crippen molar-refractivity contribution in [1.29, 1.82) is 0 Å². The third-order valence-corrected chi connectivity index (χ3v) is 2.66. The first-order valence-corrected chi connectivity index (χ1v) is 5.06. The third-order valence-electron chi connectivity index (χ3n) is 1.76. The molecule has 12 heavy (non-hydrogen) atoms. The minimum absolute atomic E-state index is 0.475. The van der Waals surface area contributed by atoms with Gasteiger partial charge in [0.25, 0.3) is 0 Å². The van der Waals surface area contributed by atoms with E-state index in [4.69, 9.17) is 11.6 Å². The van der Waals surface area contributed by atoms with Crippen LogP contribution < -0.4 is 5.32 Å². The molecule has 1 rings (SSSR count). The predicted molar refractivity (Wildman–Crippen MR) is 52.9 cm³/mol. The lowest BCUT2D eigenvalue weighted by molar-refractivity contribution is 0.593. The van der Waals surface area contributed by atoms with Crippen molar-refractivity contribution in [2.24, 2.45) is 5.92 Å². The number of rotatable bonds is 4. The molecule has 0 bridgehead atoms. The molecule has 1 atom stereocenters. The lowest BCUT2D eigenvalue weighted by atomic mass is 10.1. The van der Waals surface area contributed by atoms with Crippen LogP contribution in [0.2, 0.25) is 5.15 Å². The van der Waals surface area contributed by atoms with Gasteiger partial charge >= 0.3 is 0 Å². The molecule has 0 fully saturated rings. The summed E-state index contributed by atoms with van der Waals surface area (Å²) >= 11 is 6.87. The highest BCUT2D eigenvalue weighted by molar-refractivity contribution is 6.99. The van der Waals surface area contributed by atoms with Crippen LogP contribution in [0.1, 0.15) is 20.3 Å². The Morgan fingerprint density at radius 3 is 2.83 bits per heavy atom. The maximum absolute atomic E-state index is 5.74. The lowest BCUT2D eigenvalue weighted by Crippen LogP contribution is -2.10. The Morgan fingerprint density at radius 2 is 2.33 bits per heavy atom. The van der Waals surface area contributed by atoms with Crippen LogP contribution in [0.25, 0.3) is 0 Å². The Hall–Kier alpha value is -0.350.